The van der Waals surface area contributed by atoms with Gasteiger partial charge in [0.2, 0.25) is 0 Å². The Balaban J connectivity index is 1.85. The molecule has 2 aromatic heterocycles. The minimum absolute atomic E-state index is 0.0998. The standard InChI is InChI=1S/C23H24N4O4S2/c1-3-15-20(33-11(2)25-15)22(29)27-21-19-18-14(9-12(23(30)31)10-16(18)26-21)17(32)6-4-5-13(28)7-8-24-19/h9-10,24,26H,3-8H2,1-2H3,(H,27,29)(H,30,31). The van der Waals surface area contributed by atoms with E-state index in [1.165, 1.54) is 17.4 Å². The summed E-state index contributed by atoms with van der Waals surface area (Å²) in [6.07, 6.45) is 2.53. The third kappa shape index (κ3) is 4.67. The molecule has 4 N–H and O–H groups in total. The molecule has 0 saturated carbocycles. The first-order valence-electron chi connectivity index (χ1n) is 10.8. The maximum atomic E-state index is 13.1. The molecule has 8 nitrogen and oxygen atoms in total. The number of carbonyl (C=O) groups excluding carboxylic acids is 2. The van der Waals surface area contributed by atoms with Crippen LogP contribution in [-0.2, 0) is 11.2 Å². The number of aryl methyl sites for hydroxylation is 2. The molecular formula is C23H24N4O4S2. The molecule has 1 amide bonds. The predicted molar refractivity (Wildman–Crippen MR) is 133 cm³/mol. The first-order valence-corrected chi connectivity index (χ1v) is 12.0. The summed E-state index contributed by atoms with van der Waals surface area (Å²) < 4.78 is 0. The molecule has 1 aromatic carbocycles. The fourth-order valence-corrected chi connectivity index (χ4v) is 5.24. The summed E-state index contributed by atoms with van der Waals surface area (Å²) in [6.45, 7) is 4.19. The van der Waals surface area contributed by atoms with Crippen LogP contribution in [0.15, 0.2) is 12.1 Å². The van der Waals surface area contributed by atoms with Crippen molar-refractivity contribution in [1.82, 2.24) is 9.97 Å². The highest BCUT2D eigenvalue weighted by Gasteiger charge is 2.24. The van der Waals surface area contributed by atoms with Crippen LogP contribution < -0.4 is 10.6 Å². The Labute approximate surface area is 199 Å². The molecule has 4 rings (SSSR count). The minimum atomic E-state index is -1.07. The Morgan fingerprint density at radius 1 is 1.27 bits per heavy atom. The number of nitrogens with one attached hydrogen (secondary N) is 3. The molecule has 3 heterocycles. The third-order valence-electron chi connectivity index (χ3n) is 5.59. The van der Waals surface area contributed by atoms with Gasteiger partial charge in [-0.25, -0.2) is 9.78 Å². The van der Waals surface area contributed by atoms with Crippen molar-refractivity contribution in [2.75, 3.05) is 17.2 Å². The van der Waals surface area contributed by atoms with Crippen molar-refractivity contribution in [3.8, 4) is 0 Å². The number of thiocarbonyl (C=S) groups is 1. The Bertz CT molecular complexity index is 1290. The van der Waals surface area contributed by atoms with Crippen molar-refractivity contribution in [3.05, 3.63) is 38.8 Å². The highest BCUT2D eigenvalue weighted by Crippen LogP contribution is 2.37. The lowest BCUT2D eigenvalue weighted by atomic mass is 9.99. The predicted octanol–water partition coefficient (Wildman–Crippen LogP) is 4.72. The number of benzene rings is 1. The van der Waals surface area contributed by atoms with Gasteiger partial charge in [-0.1, -0.05) is 19.1 Å². The maximum absolute atomic E-state index is 13.1. The van der Waals surface area contributed by atoms with Crippen molar-refractivity contribution in [1.29, 1.82) is 0 Å². The number of aromatic carboxylic acids is 1. The number of amides is 1. The Hall–Kier alpha value is -3.11. The molecule has 0 spiro atoms. The van der Waals surface area contributed by atoms with Gasteiger partial charge in [0.1, 0.15) is 16.5 Å². The molecule has 10 heteroatoms. The quantitative estimate of drug-likeness (QED) is 0.395. The van der Waals surface area contributed by atoms with E-state index in [4.69, 9.17) is 12.2 Å². The number of H-pyrrole nitrogens is 1. The second-order valence-electron chi connectivity index (χ2n) is 7.94. The number of nitrogens with zero attached hydrogens (tertiary/aromatic N) is 1. The average Bonchev–Trinajstić information content (AvgIpc) is 3.31. The Morgan fingerprint density at radius 2 is 2.06 bits per heavy atom. The first-order chi connectivity index (χ1) is 15.8. The normalized spacial score (nSPS) is 14.6. The lowest BCUT2D eigenvalue weighted by molar-refractivity contribution is -0.118. The molecule has 3 aromatic rings. The monoisotopic (exact) mass is 484 g/mol. The van der Waals surface area contributed by atoms with Crippen LogP contribution in [0.3, 0.4) is 0 Å². The number of carboxylic acid groups (broad SMARTS) is 1. The van der Waals surface area contributed by atoms with Crippen LogP contribution in [0.25, 0.3) is 10.9 Å². The van der Waals surface area contributed by atoms with Crippen LogP contribution in [0, 0.1) is 6.92 Å². The zero-order chi connectivity index (χ0) is 23.7. The van der Waals surface area contributed by atoms with Gasteiger partial charge in [0, 0.05) is 35.2 Å². The summed E-state index contributed by atoms with van der Waals surface area (Å²) in [5.41, 5.74) is 2.60. The van der Waals surface area contributed by atoms with E-state index >= 15 is 0 Å². The Kier molecular flexibility index (Phi) is 6.57. The number of thiazole rings is 1. The van der Waals surface area contributed by atoms with Gasteiger partial charge in [-0.15, -0.1) is 11.3 Å². The molecule has 0 saturated heterocycles. The Morgan fingerprint density at radius 3 is 2.79 bits per heavy atom. The van der Waals surface area contributed by atoms with Gasteiger partial charge < -0.3 is 20.7 Å². The summed E-state index contributed by atoms with van der Waals surface area (Å²) >= 11 is 6.97. The number of ketones is 1. The van der Waals surface area contributed by atoms with E-state index in [9.17, 15) is 19.5 Å². The van der Waals surface area contributed by atoms with Crippen molar-refractivity contribution in [2.24, 2.45) is 0 Å². The smallest absolute Gasteiger partial charge is 0.335 e. The molecule has 1 aliphatic heterocycles. The van der Waals surface area contributed by atoms with Crippen molar-refractivity contribution < 1.29 is 19.5 Å². The van der Waals surface area contributed by atoms with Gasteiger partial charge in [-0.2, -0.15) is 0 Å². The van der Waals surface area contributed by atoms with Gasteiger partial charge >= 0.3 is 5.97 Å². The average molecular weight is 485 g/mol. The molecule has 0 fully saturated rings. The molecular weight excluding hydrogens is 460 g/mol. The van der Waals surface area contributed by atoms with Crippen LogP contribution in [0.1, 0.15) is 68.9 Å². The fourth-order valence-electron chi connectivity index (χ4n) is 4.04. The second-order valence-corrected chi connectivity index (χ2v) is 9.63. The molecule has 33 heavy (non-hydrogen) atoms. The van der Waals surface area contributed by atoms with Crippen LogP contribution in [-0.4, -0.2) is 44.1 Å². The van der Waals surface area contributed by atoms with E-state index in [0.717, 1.165) is 10.7 Å². The zero-order valence-corrected chi connectivity index (χ0v) is 20.0. The van der Waals surface area contributed by atoms with Crippen LogP contribution in [0.5, 0.6) is 0 Å². The largest absolute Gasteiger partial charge is 0.478 e. The topological polar surface area (TPSA) is 124 Å². The molecule has 172 valence electrons. The van der Waals surface area contributed by atoms with E-state index in [2.05, 4.69) is 20.6 Å². The number of aromatic nitrogens is 2. The summed E-state index contributed by atoms with van der Waals surface area (Å²) in [5, 5.41) is 17.3. The number of carbonyl (C=O) groups is 3. The zero-order valence-electron chi connectivity index (χ0n) is 18.3. The fraction of sp³-hybridized carbons (Fsp3) is 0.348. The van der Waals surface area contributed by atoms with E-state index in [0.29, 0.717) is 76.4 Å². The molecule has 0 bridgehead atoms. The van der Waals surface area contributed by atoms with Crippen molar-refractivity contribution in [3.63, 3.8) is 0 Å². The van der Waals surface area contributed by atoms with Crippen LogP contribution in [0.4, 0.5) is 11.5 Å². The van der Waals surface area contributed by atoms with Crippen LogP contribution >= 0.6 is 23.6 Å². The van der Waals surface area contributed by atoms with E-state index < -0.39 is 5.97 Å². The summed E-state index contributed by atoms with van der Waals surface area (Å²) in [7, 11) is 0. The summed E-state index contributed by atoms with van der Waals surface area (Å²) in [6, 6.07) is 3.10. The van der Waals surface area contributed by atoms with E-state index in [1.807, 2.05) is 13.8 Å². The van der Waals surface area contributed by atoms with Crippen molar-refractivity contribution >= 4 is 68.5 Å². The first kappa shape index (κ1) is 23.1. The third-order valence-corrected chi connectivity index (χ3v) is 7.03. The number of anilines is 2. The maximum Gasteiger partial charge on any atom is 0.335 e. The number of hydrogen-bond acceptors (Lipinski definition) is 7. The SMILES string of the molecule is CCc1nc(C)sc1C(=O)Nc1[nH]c2cc(C(=O)O)cc3c2c1NCCC(=O)CCCC3=S. The number of hydrogen-bond donors (Lipinski definition) is 4. The van der Waals surface area contributed by atoms with Gasteiger partial charge in [-0.3, -0.25) is 9.59 Å². The second kappa shape index (κ2) is 9.40. The number of Topliss-reactive ketones (excluding diaryl/α,β-unsaturated/α-hetero) is 1. The highest BCUT2D eigenvalue weighted by atomic mass is 32.1. The summed E-state index contributed by atoms with van der Waals surface area (Å²) in [4.78, 5) is 45.8. The highest BCUT2D eigenvalue weighted by molar-refractivity contribution is 7.80. The van der Waals surface area contributed by atoms with Gasteiger partial charge in [-0.05, 0) is 38.3 Å². The molecule has 0 radical (unpaired) electrons. The number of rotatable bonds is 4. The lowest BCUT2D eigenvalue weighted by Crippen LogP contribution is -2.15. The van der Waals surface area contributed by atoms with Crippen molar-refractivity contribution in [2.45, 2.75) is 46.0 Å². The molecule has 0 aliphatic carbocycles. The van der Waals surface area contributed by atoms with E-state index in [-0.39, 0.29) is 17.3 Å². The van der Waals surface area contributed by atoms with Gasteiger partial charge in [0.05, 0.1) is 27.5 Å². The van der Waals surface area contributed by atoms with Gasteiger partial charge in [0.15, 0.2) is 0 Å². The lowest BCUT2D eigenvalue weighted by Gasteiger charge is -2.11. The van der Waals surface area contributed by atoms with Gasteiger partial charge in [0.25, 0.3) is 5.91 Å². The van der Waals surface area contributed by atoms with Crippen LogP contribution in [0.2, 0.25) is 0 Å². The molecule has 0 unspecified atom stereocenters. The molecule has 1 aliphatic rings. The minimum Gasteiger partial charge on any atom is -0.478 e. The number of aromatic amines is 1. The van der Waals surface area contributed by atoms with E-state index in [1.54, 1.807) is 6.07 Å². The number of carboxylic acids is 1. The molecule has 0 atom stereocenters. The summed E-state index contributed by atoms with van der Waals surface area (Å²) in [5.74, 6) is -0.827.